The standard InChI is InChI=1S/C11H22N2S/c1-2-3-7-10(12)11(14)13-8-5-4-6-9-13/h10H,2-9,12H2,1H3. The number of nitrogens with zero attached hydrogens (tertiary/aromatic N) is 1. The number of rotatable bonds is 4. The average Bonchev–Trinajstić information content (AvgIpc) is 2.26. The monoisotopic (exact) mass is 214 g/mol. The zero-order chi connectivity index (χ0) is 10.4. The third-order valence-corrected chi connectivity index (χ3v) is 3.41. The SMILES string of the molecule is CCCCC(N)C(=S)N1CCCCC1. The summed E-state index contributed by atoms with van der Waals surface area (Å²) < 4.78 is 0. The van der Waals surface area contributed by atoms with E-state index in [1.54, 1.807) is 0 Å². The van der Waals surface area contributed by atoms with Crippen molar-refractivity contribution in [2.75, 3.05) is 13.1 Å². The Morgan fingerprint density at radius 2 is 2.00 bits per heavy atom. The average molecular weight is 214 g/mol. The molecule has 0 spiro atoms. The molecule has 1 rings (SSSR count). The van der Waals surface area contributed by atoms with Crippen LogP contribution in [0.15, 0.2) is 0 Å². The molecule has 0 aliphatic carbocycles. The van der Waals surface area contributed by atoms with Gasteiger partial charge in [0.1, 0.15) is 0 Å². The minimum absolute atomic E-state index is 0.114. The normalized spacial score (nSPS) is 19.4. The Hall–Kier alpha value is -0.150. The van der Waals surface area contributed by atoms with E-state index in [1.165, 1.54) is 32.1 Å². The molecule has 0 aromatic carbocycles. The molecule has 14 heavy (non-hydrogen) atoms. The van der Waals surface area contributed by atoms with Crippen LogP contribution in [0, 0.1) is 0 Å². The minimum atomic E-state index is 0.114. The van der Waals surface area contributed by atoms with Gasteiger partial charge in [-0.25, -0.2) is 0 Å². The van der Waals surface area contributed by atoms with Crippen LogP contribution >= 0.6 is 12.2 Å². The van der Waals surface area contributed by atoms with Gasteiger partial charge in [0.25, 0.3) is 0 Å². The molecule has 1 aliphatic rings. The van der Waals surface area contributed by atoms with Crippen LogP contribution in [0.25, 0.3) is 0 Å². The van der Waals surface area contributed by atoms with Crippen molar-refractivity contribution < 1.29 is 0 Å². The van der Waals surface area contributed by atoms with Crippen molar-refractivity contribution >= 4 is 17.2 Å². The molecule has 1 heterocycles. The molecule has 1 fully saturated rings. The van der Waals surface area contributed by atoms with Crippen molar-refractivity contribution in [1.29, 1.82) is 0 Å². The zero-order valence-corrected chi connectivity index (χ0v) is 9.98. The van der Waals surface area contributed by atoms with E-state index in [1.807, 2.05) is 0 Å². The van der Waals surface area contributed by atoms with Crippen molar-refractivity contribution in [3.05, 3.63) is 0 Å². The molecule has 1 aliphatic heterocycles. The first-order valence-corrected chi connectivity index (χ1v) is 6.21. The second kappa shape index (κ2) is 6.36. The van der Waals surface area contributed by atoms with Gasteiger partial charge in [0, 0.05) is 13.1 Å². The third-order valence-electron chi connectivity index (χ3n) is 2.85. The number of hydrogen-bond donors (Lipinski definition) is 1. The van der Waals surface area contributed by atoms with Gasteiger partial charge < -0.3 is 10.6 Å². The Morgan fingerprint density at radius 3 is 2.57 bits per heavy atom. The van der Waals surface area contributed by atoms with Crippen LogP contribution in [0.4, 0.5) is 0 Å². The molecule has 1 unspecified atom stereocenters. The van der Waals surface area contributed by atoms with E-state index in [4.69, 9.17) is 18.0 Å². The fourth-order valence-electron chi connectivity index (χ4n) is 1.90. The molecule has 3 heteroatoms. The van der Waals surface area contributed by atoms with Gasteiger partial charge in [-0.05, 0) is 25.7 Å². The van der Waals surface area contributed by atoms with Crippen LogP contribution in [0.1, 0.15) is 45.4 Å². The molecule has 2 nitrogen and oxygen atoms in total. The first-order chi connectivity index (χ1) is 6.75. The first kappa shape index (κ1) is 11.9. The second-order valence-corrected chi connectivity index (χ2v) is 4.55. The minimum Gasteiger partial charge on any atom is -0.365 e. The highest BCUT2D eigenvalue weighted by atomic mass is 32.1. The highest BCUT2D eigenvalue weighted by molar-refractivity contribution is 7.80. The highest BCUT2D eigenvalue weighted by Gasteiger charge is 2.18. The molecule has 1 atom stereocenters. The second-order valence-electron chi connectivity index (χ2n) is 4.13. The Labute approximate surface area is 92.8 Å². The van der Waals surface area contributed by atoms with Gasteiger partial charge in [-0.1, -0.05) is 32.0 Å². The van der Waals surface area contributed by atoms with Gasteiger partial charge in [-0.2, -0.15) is 0 Å². The number of nitrogens with two attached hydrogens (primary N) is 1. The maximum absolute atomic E-state index is 6.05. The molecule has 0 radical (unpaired) electrons. The van der Waals surface area contributed by atoms with E-state index >= 15 is 0 Å². The van der Waals surface area contributed by atoms with E-state index < -0.39 is 0 Å². The topological polar surface area (TPSA) is 29.3 Å². The summed E-state index contributed by atoms with van der Waals surface area (Å²) >= 11 is 5.41. The van der Waals surface area contributed by atoms with Gasteiger partial charge >= 0.3 is 0 Å². The van der Waals surface area contributed by atoms with Gasteiger partial charge in [0.15, 0.2) is 0 Å². The van der Waals surface area contributed by atoms with Crippen LogP contribution in [0.2, 0.25) is 0 Å². The maximum atomic E-state index is 6.05. The molecule has 2 N–H and O–H groups in total. The van der Waals surface area contributed by atoms with E-state index in [0.717, 1.165) is 24.5 Å². The molecule has 0 bridgehead atoms. The van der Waals surface area contributed by atoms with E-state index in [0.29, 0.717) is 0 Å². The number of thiocarbonyl (C=S) groups is 1. The summed E-state index contributed by atoms with van der Waals surface area (Å²) in [7, 11) is 0. The Kier molecular flexibility index (Phi) is 5.41. The Balaban J connectivity index is 2.30. The van der Waals surface area contributed by atoms with E-state index in [9.17, 15) is 0 Å². The van der Waals surface area contributed by atoms with Crippen molar-refractivity contribution in [1.82, 2.24) is 4.90 Å². The number of piperidine rings is 1. The lowest BCUT2D eigenvalue weighted by molar-refractivity contribution is 0.337. The molecule has 0 saturated carbocycles. The lowest BCUT2D eigenvalue weighted by Crippen LogP contribution is -2.44. The van der Waals surface area contributed by atoms with E-state index in [2.05, 4.69) is 11.8 Å². The van der Waals surface area contributed by atoms with Crippen molar-refractivity contribution in [3.8, 4) is 0 Å². The Morgan fingerprint density at radius 1 is 1.36 bits per heavy atom. The smallest absolute Gasteiger partial charge is 0.0949 e. The molecular weight excluding hydrogens is 192 g/mol. The summed E-state index contributed by atoms with van der Waals surface area (Å²) in [5.74, 6) is 0. The van der Waals surface area contributed by atoms with Crippen molar-refractivity contribution in [2.24, 2.45) is 5.73 Å². The van der Waals surface area contributed by atoms with Crippen LogP contribution in [-0.2, 0) is 0 Å². The third kappa shape index (κ3) is 3.54. The predicted octanol–water partition coefficient (Wildman–Crippen LogP) is 2.32. The van der Waals surface area contributed by atoms with Crippen LogP contribution in [0.3, 0.4) is 0 Å². The largest absolute Gasteiger partial charge is 0.365 e. The van der Waals surface area contributed by atoms with Crippen LogP contribution in [0.5, 0.6) is 0 Å². The van der Waals surface area contributed by atoms with Crippen molar-refractivity contribution in [2.45, 2.75) is 51.5 Å². The summed E-state index contributed by atoms with van der Waals surface area (Å²) in [6.45, 7) is 4.44. The summed E-state index contributed by atoms with van der Waals surface area (Å²) in [5.41, 5.74) is 6.05. The van der Waals surface area contributed by atoms with Crippen molar-refractivity contribution in [3.63, 3.8) is 0 Å². The summed E-state index contributed by atoms with van der Waals surface area (Å²) in [6.07, 6.45) is 7.35. The van der Waals surface area contributed by atoms with Gasteiger partial charge in [0.2, 0.25) is 0 Å². The first-order valence-electron chi connectivity index (χ1n) is 5.80. The number of unbranched alkanes of at least 4 members (excludes halogenated alkanes) is 1. The molecule has 0 aromatic heterocycles. The van der Waals surface area contributed by atoms with Crippen LogP contribution in [-0.4, -0.2) is 29.0 Å². The highest BCUT2D eigenvalue weighted by Crippen LogP contribution is 2.12. The quantitative estimate of drug-likeness (QED) is 0.728. The molecular formula is C11H22N2S. The maximum Gasteiger partial charge on any atom is 0.0949 e. The summed E-state index contributed by atoms with van der Waals surface area (Å²) in [6, 6.07) is 0.114. The molecule has 0 aromatic rings. The molecule has 82 valence electrons. The van der Waals surface area contributed by atoms with Gasteiger partial charge in [-0.3, -0.25) is 0 Å². The van der Waals surface area contributed by atoms with Gasteiger partial charge in [-0.15, -0.1) is 0 Å². The number of likely N-dealkylation sites (tertiary alicyclic amines) is 1. The lowest BCUT2D eigenvalue weighted by atomic mass is 10.1. The zero-order valence-electron chi connectivity index (χ0n) is 9.17. The van der Waals surface area contributed by atoms with E-state index in [-0.39, 0.29) is 6.04 Å². The number of hydrogen-bond acceptors (Lipinski definition) is 2. The lowest BCUT2D eigenvalue weighted by Gasteiger charge is -2.31. The Bertz CT molecular complexity index is 176. The molecule has 1 saturated heterocycles. The fourth-order valence-corrected chi connectivity index (χ4v) is 2.20. The van der Waals surface area contributed by atoms with Gasteiger partial charge in [0.05, 0.1) is 11.0 Å². The molecule has 0 amide bonds. The van der Waals surface area contributed by atoms with Crippen LogP contribution < -0.4 is 5.73 Å². The predicted molar refractivity (Wildman–Crippen MR) is 65.5 cm³/mol. The summed E-state index contributed by atoms with van der Waals surface area (Å²) in [4.78, 5) is 3.30. The summed E-state index contributed by atoms with van der Waals surface area (Å²) in [5, 5.41) is 0. The fraction of sp³-hybridized carbons (Fsp3) is 0.909.